The van der Waals surface area contributed by atoms with Crippen LogP contribution in [0.1, 0.15) is 12.5 Å². The van der Waals surface area contributed by atoms with Gasteiger partial charge in [0.2, 0.25) is 5.91 Å². The Hall–Kier alpha value is -1.10. The fourth-order valence-corrected chi connectivity index (χ4v) is 2.52. The first-order valence-electron chi connectivity index (χ1n) is 5.97. The summed E-state index contributed by atoms with van der Waals surface area (Å²) in [5.74, 6) is -0.0963. The second-order valence-electron chi connectivity index (χ2n) is 4.68. The van der Waals surface area contributed by atoms with Gasteiger partial charge in [0.25, 0.3) is 0 Å². The van der Waals surface area contributed by atoms with Gasteiger partial charge in [-0.25, -0.2) is 0 Å². The lowest BCUT2D eigenvalue weighted by molar-refractivity contribution is -0.123. The van der Waals surface area contributed by atoms with Crippen LogP contribution in [0, 0.1) is 6.92 Å². The third kappa shape index (κ3) is 2.51. The normalized spacial score (nSPS) is 24.4. The molecule has 1 aliphatic heterocycles. The van der Waals surface area contributed by atoms with Crippen LogP contribution >= 0.6 is 11.6 Å². The summed E-state index contributed by atoms with van der Waals surface area (Å²) in [6.07, 6.45) is 0. The van der Waals surface area contributed by atoms with Gasteiger partial charge in [-0.3, -0.25) is 10.1 Å². The van der Waals surface area contributed by atoms with E-state index in [4.69, 9.17) is 11.6 Å². The van der Waals surface area contributed by atoms with E-state index in [9.17, 15) is 9.90 Å². The van der Waals surface area contributed by atoms with Crippen LogP contribution in [0.25, 0.3) is 0 Å². The minimum atomic E-state index is -0.524. The molecule has 2 atom stereocenters. The first-order chi connectivity index (χ1) is 8.52. The van der Waals surface area contributed by atoms with Gasteiger partial charge in [0, 0.05) is 23.3 Å². The number of anilines is 1. The van der Waals surface area contributed by atoms with E-state index >= 15 is 0 Å². The molecule has 0 saturated carbocycles. The van der Waals surface area contributed by atoms with Crippen LogP contribution in [0.5, 0.6) is 0 Å². The lowest BCUT2D eigenvalue weighted by Crippen LogP contribution is -2.60. The predicted octanol–water partition coefficient (Wildman–Crippen LogP) is 1.33. The van der Waals surface area contributed by atoms with Gasteiger partial charge in [-0.15, -0.1) is 0 Å². The Kier molecular flexibility index (Phi) is 3.90. The molecule has 1 aromatic carbocycles. The Labute approximate surface area is 112 Å². The number of rotatable bonds is 2. The van der Waals surface area contributed by atoms with Gasteiger partial charge < -0.3 is 10.0 Å². The maximum absolute atomic E-state index is 12.2. The number of nitrogens with zero attached hydrogens (tertiary/aromatic N) is 1. The molecule has 1 amide bonds. The molecule has 4 nitrogen and oxygen atoms in total. The zero-order valence-electron chi connectivity index (χ0n) is 10.5. The minimum absolute atomic E-state index is 0.0963. The average Bonchev–Trinajstić information content (AvgIpc) is 2.32. The van der Waals surface area contributed by atoms with Crippen molar-refractivity contribution < 1.29 is 9.90 Å². The van der Waals surface area contributed by atoms with Crippen molar-refractivity contribution in [1.29, 1.82) is 0 Å². The highest BCUT2D eigenvalue weighted by Crippen LogP contribution is 2.25. The summed E-state index contributed by atoms with van der Waals surface area (Å²) in [7, 11) is 0. The quantitative estimate of drug-likeness (QED) is 0.851. The van der Waals surface area contributed by atoms with Gasteiger partial charge >= 0.3 is 0 Å². The molecule has 0 aliphatic carbocycles. The summed E-state index contributed by atoms with van der Waals surface area (Å²) in [5, 5.41) is 13.0. The first kappa shape index (κ1) is 13.3. The molecule has 2 N–H and O–H groups in total. The minimum Gasteiger partial charge on any atom is -0.394 e. The summed E-state index contributed by atoms with van der Waals surface area (Å²) < 4.78 is 0. The Morgan fingerprint density at radius 3 is 2.89 bits per heavy atom. The summed E-state index contributed by atoms with van der Waals surface area (Å²) in [4.78, 5) is 13.9. The standard InChI is InChI=1S/C13H17ClN2O2/c1-8-5-10(14)3-4-12(8)16-6-9(2)15-11(7-17)13(16)18/h3-5,9,11,15,17H,6-7H2,1-2H3. The molecule has 18 heavy (non-hydrogen) atoms. The van der Waals surface area contributed by atoms with Crippen LogP contribution in [0.2, 0.25) is 5.02 Å². The number of carbonyl (C=O) groups excluding carboxylic acids is 1. The SMILES string of the molecule is Cc1cc(Cl)ccc1N1CC(C)NC(CO)C1=O. The number of carbonyl (C=O) groups is 1. The molecular weight excluding hydrogens is 252 g/mol. The number of benzene rings is 1. The van der Waals surface area contributed by atoms with E-state index in [1.807, 2.05) is 26.0 Å². The largest absolute Gasteiger partial charge is 0.394 e. The van der Waals surface area contributed by atoms with Crippen LogP contribution in [0.15, 0.2) is 18.2 Å². The van der Waals surface area contributed by atoms with E-state index in [0.29, 0.717) is 11.6 Å². The van der Waals surface area contributed by atoms with Gasteiger partial charge in [0.05, 0.1) is 6.61 Å². The number of aliphatic hydroxyl groups excluding tert-OH is 1. The third-order valence-corrected chi connectivity index (χ3v) is 3.37. The first-order valence-corrected chi connectivity index (χ1v) is 6.35. The van der Waals surface area contributed by atoms with Crippen LogP contribution in [-0.2, 0) is 4.79 Å². The fourth-order valence-electron chi connectivity index (χ4n) is 2.29. The highest BCUT2D eigenvalue weighted by atomic mass is 35.5. The van der Waals surface area contributed by atoms with Crippen molar-refractivity contribution in [2.45, 2.75) is 25.9 Å². The summed E-state index contributed by atoms with van der Waals surface area (Å²) in [6, 6.07) is 5.09. The van der Waals surface area contributed by atoms with E-state index in [-0.39, 0.29) is 18.6 Å². The average molecular weight is 269 g/mol. The second-order valence-corrected chi connectivity index (χ2v) is 5.12. The number of piperazine rings is 1. The summed E-state index contributed by atoms with van der Waals surface area (Å²) >= 11 is 5.92. The van der Waals surface area contributed by atoms with Crippen molar-refractivity contribution in [2.24, 2.45) is 0 Å². The Morgan fingerprint density at radius 1 is 1.56 bits per heavy atom. The lowest BCUT2D eigenvalue weighted by Gasteiger charge is -2.37. The van der Waals surface area contributed by atoms with Gasteiger partial charge in [0.15, 0.2) is 0 Å². The van der Waals surface area contributed by atoms with Crippen LogP contribution in [0.3, 0.4) is 0 Å². The molecule has 1 saturated heterocycles. The molecular formula is C13H17ClN2O2. The molecule has 1 aliphatic rings. The molecule has 2 rings (SSSR count). The van der Waals surface area contributed by atoms with Crippen molar-refractivity contribution in [2.75, 3.05) is 18.1 Å². The number of hydrogen-bond donors (Lipinski definition) is 2. The maximum atomic E-state index is 12.2. The number of aryl methyl sites for hydroxylation is 1. The van der Waals surface area contributed by atoms with E-state index in [0.717, 1.165) is 11.3 Å². The predicted molar refractivity (Wildman–Crippen MR) is 72.0 cm³/mol. The van der Waals surface area contributed by atoms with E-state index in [2.05, 4.69) is 5.32 Å². The third-order valence-electron chi connectivity index (χ3n) is 3.14. The zero-order chi connectivity index (χ0) is 13.3. The van der Waals surface area contributed by atoms with Gasteiger partial charge in [-0.2, -0.15) is 0 Å². The highest BCUT2D eigenvalue weighted by molar-refractivity contribution is 6.30. The van der Waals surface area contributed by atoms with Crippen molar-refractivity contribution >= 4 is 23.2 Å². The molecule has 2 unspecified atom stereocenters. The molecule has 0 bridgehead atoms. The number of amides is 1. The van der Waals surface area contributed by atoms with Crippen molar-refractivity contribution in [1.82, 2.24) is 5.32 Å². The molecule has 0 spiro atoms. The van der Waals surface area contributed by atoms with Crippen molar-refractivity contribution in [3.05, 3.63) is 28.8 Å². The van der Waals surface area contributed by atoms with E-state index in [1.54, 1.807) is 11.0 Å². The zero-order valence-corrected chi connectivity index (χ0v) is 11.2. The highest BCUT2D eigenvalue weighted by Gasteiger charge is 2.32. The molecule has 98 valence electrons. The summed E-state index contributed by atoms with van der Waals surface area (Å²) in [6.45, 7) is 4.33. The van der Waals surface area contributed by atoms with Gasteiger partial charge in [0.1, 0.15) is 6.04 Å². The molecule has 1 heterocycles. The lowest BCUT2D eigenvalue weighted by atomic mass is 10.1. The second kappa shape index (κ2) is 5.26. The number of aliphatic hydroxyl groups is 1. The molecule has 0 aromatic heterocycles. The molecule has 5 heteroatoms. The van der Waals surface area contributed by atoms with E-state index in [1.165, 1.54) is 0 Å². The Bertz CT molecular complexity index is 464. The van der Waals surface area contributed by atoms with Crippen LogP contribution in [0.4, 0.5) is 5.69 Å². The number of nitrogens with one attached hydrogen (secondary N) is 1. The number of hydrogen-bond acceptors (Lipinski definition) is 3. The van der Waals surface area contributed by atoms with Gasteiger partial charge in [-0.1, -0.05) is 11.6 Å². The monoisotopic (exact) mass is 268 g/mol. The molecule has 1 aromatic rings. The Balaban J connectivity index is 2.33. The topological polar surface area (TPSA) is 52.6 Å². The maximum Gasteiger partial charge on any atom is 0.246 e. The Morgan fingerprint density at radius 2 is 2.28 bits per heavy atom. The fraction of sp³-hybridized carbons (Fsp3) is 0.462. The number of halogens is 1. The van der Waals surface area contributed by atoms with Gasteiger partial charge in [-0.05, 0) is 37.6 Å². The molecule has 0 radical (unpaired) electrons. The molecule has 1 fully saturated rings. The van der Waals surface area contributed by atoms with Crippen molar-refractivity contribution in [3.63, 3.8) is 0 Å². The van der Waals surface area contributed by atoms with Crippen LogP contribution in [-0.4, -0.2) is 36.2 Å². The summed E-state index contributed by atoms with van der Waals surface area (Å²) in [5.41, 5.74) is 1.82. The van der Waals surface area contributed by atoms with E-state index < -0.39 is 6.04 Å². The van der Waals surface area contributed by atoms with Crippen molar-refractivity contribution in [3.8, 4) is 0 Å². The smallest absolute Gasteiger partial charge is 0.246 e. The van der Waals surface area contributed by atoms with Crippen LogP contribution < -0.4 is 10.2 Å².